The van der Waals surface area contributed by atoms with E-state index in [2.05, 4.69) is 36.2 Å². The Kier molecular flexibility index (Phi) is 15.0. The zero-order valence-electron chi connectivity index (χ0n) is 46.0. The Morgan fingerprint density at radius 3 is 1.82 bits per heavy atom. The van der Waals surface area contributed by atoms with E-state index in [1.165, 1.54) is 45.7 Å². The summed E-state index contributed by atoms with van der Waals surface area (Å²) in [7, 11) is 0. The molecule has 3 unspecified atom stereocenters. The lowest BCUT2D eigenvalue weighted by Gasteiger charge is -2.28. The van der Waals surface area contributed by atoms with Crippen molar-refractivity contribution in [2.24, 2.45) is 0 Å². The van der Waals surface area contributed by atoms with Gasteiger partial charge < -0.3 is 65.4 Å². The van der Waals surface area contributed by atoms with Crippen LogP contribution in [0.4, 0.5) is 35.2 Å². The van der Waals surface area contributed by atoms with Gasteiger partial charge in [0.05, 0.1) is 77.6 Å². The molecule has 9 N–H and O–H groups in total. The van der Waals surface area contributed by atoms with Crippen LogP contribution >= 0.6 is 22.7 Å². The van der Waals surface area contributed by atoms with E-state index >= 15 is 0 Å². The number of hydrogen-bond acceptors (Lipinski definition) is 27. The number of aliphatic hydroxyl groups excluding tert-OH is 5. The number of para-hydroxylation sites is 1. The third-order valence-electron chi connectivity index (χ3n) is 16.3. The Bertz CT molecular complexity index is 4380. The van der Waals surface area contributed by atoms with Crippen LogP contribution in [0.25, 0.3) is 42.8 Å². The van der Waals surface area contributed by atoms with Gasteiger partial charge in [0.1, 0.15) is 52.3 Å². The maximum Gasteiger partial charge on any atom is 0.351 e. The Labute approximate surface area is 498 Å². The minimum absolute atomic E-state index is 0.0158. The van der Waals surface area contributed by atoms with Crippen LogP contribution in [0.1, 0.15) is 97.4 Å². The summed E-state index contributed by atoms with van der Waals surface area (Å²) in [5.74, 6) is 1.01. The minimum atomic E-state index is -1.49. The maximum absolute atomic E-state index is 14.4. The summed E-state index contributed by atoms with van der Waals surface area (Å²) in [5.41, 5.74) is 2.74. The molecule has 2 saturated heterocycles. The summed E-state index contributed by atoms with van der Waals surface area (Å²) in [6.45, 7) is -0.418. The Hall–Kier alpha value is -8.66. The fourth-order valence-corrected chi connectivity index (χ4v) is 13.7. The molecule has 2 aromatic carbocycles. The molecule has 0 bridgehead atoms. The molecule has 448 valence electrons. The first-order valence-electron chi connectivity index (χ1n) is 28.4. The molecule has 0 spiro atoms. The van der Waals surface area contributed by atoms with Crippen molar-refractivity contribution >= 4 is 112 Å². The quantitative estimate of drug-likeness (QED) is 0.0621. The summed E-state index contributed by atoms with van der Waals surface area (Å²) in [6.07, 6.45) is 2.42. The van der Waals surface area contributed by atoms with Crippen molar-refractivity contribution in [1.82, 2.24) is 68.1 Å². The van der Waals surface area contributed by atoms with Gasteiger partial charge in [0, 0.05) is 31.7 Å². The van der Waals surface area contributed by atoms with Crippen molar-refractivity contribution in [1.29, 1.82) is 0 Å². The molecule has 4 fully saturated rings. The highest BCUT2D eigenvalue weighted by molar-refractivity contribution is 7.18. The highest BCUT2D eigenvalue weighted by Crippen LogP contribution is 2.40. The van der Waals surface area contributed by atoms with Gasteiger partial charge in [-0.25, -0.2) is 29.5 Å². The Balaban J connectivity index is 0.691. The van der Waals surface area contributed by atoms with Gasteiger partial charge in [-0.05, 0) is 73.6 Å². The second-order valence-corrected chi connectivity index (χ2v) is 24.1. The van der Waals surface area contributed by atoms with Gasteiger partial charge in [-0.3, -0.25) is 18.7 Å². The zero-order valence-corrected chi connectivity index (χ0v) is 47.7. The highest BCUT2D eigenvalue weighted by Gasteiger charge is 2.44. The number of Topliss-reactive ketones (excluding diaryl/α,β-unsaturated/α-hetero) is 2. The van der Waals surface area contributed by atoms with Gasteiger partial charge in [0.15, 0.2) is 51.8 Å². The fraction of sp³-hybridized carbons (Fsp3) is 0.393. The van der Waals surface area contributed by atoms with E-state index in [4.69, 9.17) is 44.4 Å². The molecule has 31 heteroatoms. The van der Waals surface area contributed by atoms with Crippen LogP contribution in [0.5, 0.6) is 0 Å². The Morgan fingerprint density at radius 1 is 0.598 bits per heavy atom. The summed E-state index contributed by atoms with van der Waals surface area (Å²) < 4.78 is 19.0. The van der Waals surface area contributed by atoms with Crippen molar-refractivity contribution in [3.05, 3.63) is 116 Å². The number of thiazole rings is 2. The number of nitrogens with one attached hydrogen (secondary N) is 4. The fourth-order valence-electron chi connectivity index (χ4n) is 11.9. The summed E-state index contributed by atoms with van der Waals surface area (Å²) in [4.78, 5) is 101. The normalized spacial score (nSPS) is 24.2. The van der Waals surface area contributed by atoms with E-state index in [1.54, 1.807) is 27.9 Å². The standard InChI is InChI=1S/C56H56N18O11S2/c75-22-35-34(79)19-43(84-35)71-15-13-39(65-55(71)82)63-53-67-48(44-50(69-53)73(24-59-44)30-6-2-3-7-32(30)77)58-21-42-62-29-17-26(10-12-38(29)87-42)27-9-11-31(33(78)18-27)74-25-60-45-49(57-20-41-61-28-5-1-4-8-37(28)86-41)68-54(70-51(45)74)64-40-14-16-72(56(83)66-40)52-47(81)46(80)36(23-76)85-52/h1,4-5,8,10,12-17,24-25,27,30-31,34-36,43,46-47,52,75-76,79-81H,2-3,6-7,9,11,18-23H2,(H2,57,64,66,68,70,83)(H2,58,63,65,67,69,82)/t27?,30-,31-,34+,35-,36-,43?,46-,47-,52?/m1/s1. The van der Waals surface area contributed by atoms with E-state index in [9.17, 15) is 44.7 Å². The van der Waals surface area contributed by atoms with Gasteiger partial charge in [0.25, 0.3) is 0 Å². The maximum atomic E-state index is 14.4. The van der Waals surface area contributed by atoms with Crippen LogP contribution in [0.2, 0.25) is 0 Å². The second-order valence-electron chi connectivity index (χ2n) is 21.8. The summed E-state index contributed by atoms with van der Waals surface area (Å²) in [5, 5.41) is 64.7. The lowest BCUT2D eigenvalue weighted by molar-refractivity contribution is -0.124. The van der Waals surface area contributed by atoms with Gasteiger partial charge >= 0.3 is 11.4 Å². The average molecular weight is 1220 g/mol. The average Bonchev–Trinajstić information content (AvgIpc) is 2.07. The van der Waals surface area contributed by atoms with Crippen LogP contribution in [-0.4, -0.2) is 149 Å². The number of aromatic nitrogens is 14. The number of carbonyl (C=O) groups is 2. The molecule has 10 aromatic rings. The van der Waals surface area contributed by atoms with Crippen molar-refractivity contribution in [3.8, 4) is 0 Å². The predicted molar refractivity (Wildman–Crippen MR) is 316 cm³/mol. The number of imidazole rings is 2. The number of benzene rings is 2. The third kappa shape index (κ3) is 10.8. The van der Waals surface area contributed by atoms with Crippen molar-refractivity contribution < 1.29 is 44.6 Å². The van der Waals surface area contributed by atoms with Gasteiger partial charge in [-0.15, -0.1) is 22.7 Å². The lowest BCUT2D eigenvalue weighted by atomic mass is 9.81. The minimum Gasteiger partial charge on any atom is -0.394 e. The molecule has 14 rings (SSSR count). The van der Waals surface area contributed by atoms with Crippen LogP contribution in [-0.2, 0) is 32.2 Å². The largest absolute Gasteiger partial charge is 0.394 e. The molecule has 10 atom stereocenters. The van der Waals surface area contributed by atoms with Crippen molar-refractivity contribution in [2.45, 2.75) is 125 Å². The van der Waals surface area contributed by atoms with E-state index in [1.807, 2.05) is 42.5 Å². The summed E-state index contributed by atoms with van der Waals surface area (Å²) in [6, 6.07) is 15.8. The van der Waals surface area contributed by atoms with E-state index in [0.29, 0.717) is 66.2 Å². The number of rotatable bonds is 17. The number of fused-ring (bicyclic) bond motifs is 4. The van der Waals surface area contributed by atoms with Crippen LogP contribution < -0.4 is 32.6 Å². The lowest BCUT2D eigenvalue weighted by Crippen LogP contribution is -2.36. The predicted octanol–water partition coefficient (Wildman–Crippen LogP) is 4.02. The first kappa shape index (κ1) is 56.2. The molecule has 8 aromatic heterocycles. The first-order chi connectivity index (χ1) is 42.3. The second kappa shape index (κ2) is 23.2. The third-order valence-corrected chi connectivity index (χ3v) is 18.4. The highest BCUT2D eigenvalue weighted by atomic mass is 32.1. The van der Waals surface area contributed by atoms with Gasteiger partial charge in [-0.2, -0.15) is 29.9 Å². The monoisotopic (exact) mass is 1220 g/mol. The molecule has 87 heavy (non-hydrogen) atoms. The smallest absolute Gasteiger partial charge is 0.351 e. The molecule has 0 radical (unpaired) electrons. The molecule has 2 aliphatic heterocycles. The number of aliphatic hydroxyl groups is 5. The van der Waals surface area contributed by atoms with Crippen LogP contribution in [0.3, 0.4) is 0 Å². The Morgan fingerprint density at radius 2 is 1.22 bits per heavy atom. The molecule has 2 saturated carbocycles. The molecular weight excluding hydrogens is 1160 g/mol. The number of nitrogens with zero attached hydrogens (tertiary/aromatic N) is 14. The molecule has 29 nitrogen and oxygen atoms in total. The topological polar surface area (TPSA) is 385 Å². The van der Waals surface area contributed by atoms with Gasteiger partial charge in [0.2, 0.25) is 11.9 Å². The SMILES string of the molecule is O=C1CCCC[C@H]1n1cnc2c(NCc3nc4cc(C5CC[C@@H](n6cnc7c(NCc8nc9ccccc9s8)nc(Nc8ccn(C9O[C@H](CO)[C@@H](O)[C@H]9O)c(=O)n8)nc76)C(=O)C5)ccc4s3)nc(Nc3ccn(C4C[C@H](O)[C@@H](CO)O4)c(=O)n3)nc21. The number of ketones is 2. The number of hydrogen-bond donors (Lipinski definition) is 9. The van der Waals surface area contributed by atoms with E-state index < -0.39 is 79.7 Å². The summed E-state index contributed by atoms with van der Waals surface area (Å²) >= 11 is 3.03. The van der Waals surface area contributed by atoms with Crippen molar-refractivity contribution in [2.75, 3.05) is 34.5 Å². The van der Waals surface area contributed by atoms with Crippen LogP contribution in [0.15, 0.2) is 89.2 Å². The first-order valence-corrected chi connectivity index (χ1v) is 30.0. The molecule has 4 aliphatic rings. The number of carbonyl (C=O) groups excluding carboxylic acids is 2. The molecular formula is C56H56N18O11S2. The number of ether oxygens (including phenoxy) is 2. The molecule has 10 heterocycles. The van der Waals surface area contributed by atoms with E-state index in [0.717, 1.165) is 53.4 Å². The zero-order chi connectivity index (χ0) is 59.6. The van der Waals surface area contributed by atoms with E-state index in [-0.39, 0.29) is 60.4 Å². The van der Waals surface area contributed by atoms with Crippen molar-refractivity contribution in [3.63, 3.8) is 0 Å². The van der Waals surface area contributed by atoms with Crippen LogP contribution in [0, 0.1) is 0 Å². The molecule has 2 aliphatic carbocycles. The van der Waals surface area contributed by atoms with Gasteiger partial charge in [-0.1, -0.05) is 24.6 Å². The molecule has 0 amide bonds. The number of anilines is 6.